The summed E-state index contributed by atoms with van der Waals surface area (Å²) in [7, 11) is 0. The standard InChI is InChI=1S/C19H20N2O2/c1-13(2)15-11-14(19(3,4)20-12-22)9-10-16(15)21-17-7-5-6-8-18(17)23/h5-11,21,23H,1H2,2-4H3. The van der Waals surface area contributed by atoms with Crippen LogP contribution in [-0.2, 0) is 10.3 Å². The van der Waals surface area contributed by atoms with Gasteiger partial charge in [-0.1, -0.05) is 24.8 Å². The number of benzene rings is 2. The Morgan fingerprint density at radius 1 is 1.22 bits per heavy atom. The zero-order chi connectivity index (χ0) is 17.0. The first kappa shape index (κ1) is 16.5. The van der Waals surface area contributed by atoms with Gasteiger partial charge in [-0.3, -0.25) is 0 Å². The van der Waals surface area contributed by atoms with Gasteiger partial charge in [0.05, 0.1) is 11.2 Å². The van der Waals surface area contributed by atoms with E-state index in [1.807, 2.05) is 45.0 Å². The van der Waals surface area contributed by atoms with Crippen LogP contribution in [0.15, 0.2) is 54.0 Å². The van der Waals surface area contributed by atoms with Crippen molar-refractivity contribution >= 4 is 23.0 Å². The molecule has 118 valence electrons. The molecule has 23 heavy (non-hydrogen) atoms. The molecule has 2 aromatic rings. The van der Waals surface area contributed by atoms with E-state index in [1.165, 1.54) is 0 Å². The van der Waals surface area contributed by atoms with Crippen LogP contribution in [0, 0.1) is 0 Å². The number of carbonyl (C=O) groups excluding carboxylic acids is 1. The van der Waals surface area contributed by atoms with E-state index in [0.29, 0.717) is 5.69 Å². The van der Waals surface area contributed by atoms with Gasteiger partial charge in [0.25, 0.3) is 0 Å². The van der Waals surface area contributed by atoms with Crippen LogP contribution in [0.2, 0.25) is 0 Å². The Hall–Kier alpha value is -2.84. The summed E-state index contributed by atoms with van der Waals surface area (Å²) in [5.41, 5.74) is 3.46. The van der Waals surface area contributed by atoms with Crippen molar-refractivity contribution in [3.63, 3.8) is 0 Å². The first-order chi connectivity index (χ1) is 10.8. The predicted octanol–water partition coefficient (Wildman–Crippen LogP) is 4.74. The van der Waals surface area contributed by atoms with Crippen molar-refractivity contribution < 1.29 is 9.90 Å². The minimum Gasteiger partial charge on any atom is -0.506 e. The van der Waals surface area contributed by atoms with Crippen molar-refractivity contribution in [1.29, 1.82) is 0 Å². The average molecular weight is 308 g/mol. The van der Waals surface area contributed by atoms with E-state index in [9.17, 15) is 9.90 Å². The van der Waals surface area contributed by atoms with E-state index in [0.717, 1.165) is 22.4 Å². The van der Waals surface area contributed by atoms with Gasteiger partial charge in [0.1, 0.15) is 5.75 Å². The van der Waals surface area contributed by atoms with E-state index in [-0.39, 0.29) is 5.75 Å². The van der Waals surface area contributed by atoms with Gasteiger partial charge >= 0.3 is 0 Å². The lowest BCUT2D eigenvalue weighted by atomic mass is 9.91. The maximum absolute atomic E-state index is 10.6. The molecule has 0 amide bonds. The summed E-state index contributed by atoms with van der Waals surface area (Å²) in [4.78, 5) is 14.5. The molecule has 0 fully saturated rings. The number of anilines is 2. The molecule has 0 aliphatic heterocycles. The third kappa shape index (κ3) is 3.68. The summed E-state index contributed by atoms with van der Waals surface area (Å²) in [6.07, 6.45) is 1.62. The van der Waals surface area contributed by atoms with E-state index in [1.54, 1.807) is 24.3 Å². The zero-order valence-corrected chi connectivity index (χ0v) is 13.6. The van der Waals surface area contributed by atoms with Crippen LogP contribution in [0.25, 0.3) is 5.57 Å². The van der Waals surface area contributed by atoms with Gasteiger partial charge in [-0.25, -0.2) is 4.79 Å². The topological polar surface area (TPSA) is 61.7 Å². The van der Waals surface area contributed by atoms with E-state index in [2.05, 4.69) is 16.9 Å². The predicted molar refractivity (Wildman–Crippen MR) is 93.7 cm³/mol. The number of rotatable bonds is 5. The number of nitrogens with one attached hydrogen (secondary N) is 1. The molecule has 0 aromatic heterocycles. The van der Waals surface area contributed by atoms with Gasteiger partial charge in [-0.15, -0.1) is 0 Å². The lowest BCUT2D eigenvalue weighted by Crippen LogP contribution is -2.14. The van der Waals surface area contributed by atoms with E-state index < -0.39 is 5.54 Å². The molecule has 0 bridgehead atoms. The second-order valence-corrected chi connectivity index (χ2v) is 5.94. The molecule has 0 unspecified atom stereocenters. The third-order valence-corrected chi connectivity index (χ3v) is 3.68. The lowest BCUT2D eigenvalue weighted by Gasteiger charge is -2.21. The number of para-hydroxylation sites is 2. The highest BCUT2D eigenvalue weighted by Crippen LogP contribution is 2.34. The zero-order valence-electron chi connectivity index (χ0n) is 13.6. The van der Waals surface area contributed by atoms with Crippen molar-refractivity contribution in [3.05, 3.63) is 60.2 Å². The van der Waals surface area contributed by atoms with Crippen LogP contribution < -0.4 is 5.32 Å². The Bertz CT molecular complexity index is 788. The van der Waals surface area contributed by atoms with Crippen LogP contribution in [0.5, 0.6) is 5.75 Å². The molecular formula is C19H20N2O2. The molecule has 0 heterocycles. The van der Waals surface area contributed by atoms with Gasteiger partial charge in [0, 0.05) is 11.3 Å². The summed E-state index contributed by atoms with van der Waals surface area (Å²) in [6, 6.07) is 12.8. The summed E-state index contributed by atoms with van der Waals surface area (Å²) in [5, 5.41) is 13.1. The maximum Gasteiger partial charge on any atom is 0.235 e. The molecule has 0 aliphatic carbocycles. The van der Waals surface area contributed by atoms with E-state index in [4.69, 9.17) is 0 Å². The molecule has 0 aliphatic rings. The fourth-order valence-electron chi connectivity index (χ4n) is 2.29. The highest BCUT2D eigenvalue weighted by molar-refractivity contribution is 5.79. The van der Waals surface area contributed by atoms with Crippen molar-refractivity contribution in [2.24, 2.45) is 4.99 Å². The number of aliphatic imine (C=N–C) groups is 1. The number of aromatic hydroxyl groups is 1. The molecule has 0 atom stereocenters. The summed E-state index contributed by atoms with van der Waals surface area (Å²) < 4.78 is 0. The SMILES string of the molecule is C=C(C)c1cc(C(C)(C)N=C=O)ccc1Nc1ccccc1O. The van der Waals surface area contributed by atoms with Crippen LogP contribution in [-0.4, -0.2) is 11.2 Å². The molecule has 0 saturated carbocycles. The normalized spacial score (nSPS) is 10.7. The Balaban J connectivity index is 2.48. The molecule has 0 radical (unpaired) electrons. The van der Waals surface area contributed by atoms with Crippen LogP contribution in [0.4, 0.5) is 11.4 Å². The number of nitrogens with zero attached hydrogens (tertiary/aromatic N) is 1. The Labute approximate surface area is 136 Å². The number of hydrogen-bond acceptors (Lipinski definition) is 4. The molecule has 0 spiro atoms. The van der Waals surface area contributed by atoms with Crippen LogP contribution in [0.1, 0.15) is 31.9 Å². The molecule has 4 nitrogen and oxygen atoms in total. The first-order valence-electron chi connectivity index (χ1n) is 7.29. The summed E-state index contributed by atoms with van der Waals surface area (Å²) in [6.45, 7) is 9.62. The maximum atomic E-state index is 10.6. The Kier molecular flexibility index (Phi) is 4.68. The quantitative estimate of drug-likeness (QED) is 0.476. The number of phenols is 1. The minimum absolute atomic E-state index is 0.176. The molecule has 2 aromatic carbocycles. The van der Waals surface area contributed by atoms with Crippen molar-refractivity contribution in [1.82, 2.24) is 0 Å². The molecule has 4 heteroatoms. The highest BCUT2D eigenvalue weighted by atomic mass is 16.3. The molecular weight excluding hydrogens is 288 g/mol. The number of isocyanates is 1. The number of allylic oxidation sites excluding steroid dienone is 1. The molecule has 2 rings (SSSR count). The largest absolute Gasteiger partial charge is 0.506 e. The fraction of sp³-hybridized carbons (Fsp3) is 0.211. The van der Waals surface area contributed by atoms with Gasteiger partial charge in [0.15, 0.2) is 0 Å². The molecule has 0 saturated heterocycles. The number of hydrogen-bond donors (Lipinski definition) is 2. The average Bonchev–Trinajstić information content (AvgIpc) is 2.49. The van der Waals surface area contributed by atoms with Gasteiger partial charge in [-0.2, -0.15) is 4.99 Å². The van der Waals surface area contributed by atoms with Crippen LogP contribution in [0.3, 0.4) is 0 Å². The monoisotopic (exact) mass is 308 g/mol. The van der Waals surface area contributed by atoms with E-state index >= 15 is 0 Å². The van der Waals surface area contributed by atoms with Crippen LogP contribution >= 0.6 is 0 Å². The van der Waals surface area contributed by atoms with Gasteiger partial charge in [-0.05, 0) is 56.2 Å². The third-order valence-electron chi connectivity index (χ3n) is 3.68. The Morgan fingerprint density at radius 2 is 1.91 bits per heavy atom. The van der Waals surface area contributed by atoms with Gasteiger partial charge < -0.3 is 10.4 Å². The second kappa shape index (κ2) is 6.51. The summed E-state index contributed by atoms with van der Waals surface area (Å²) >= 11 is 0. The van der Waals surface area contributed by atoms with Gasteiger partial charge in [0.2, 0.25) is 6.08 Å². The highest BCUT2D eigenvalue weighted by Gasteiger charge is 2.21. The van der Waals surface area contributed by atoms with Crippen molar-refractivity contribution in [3.8, 4) is 5.75 Å². The minimum atomic E-state index is -0.653. The number of phenolic OH excluding ortho intramolecular Hbond substituents is 1. The Morgan fingerprint density at radius 3 is 2.52 bits per heavy atom. The smallest absolute Gasteiger partial charge is 0.235 e. The lowest BCUT2D eigenvalue weighted by molar-refractivity contribution is 0.478. The first-order valence-corrected chi connectivity index (χ1v) is 7.29. The summed E-state index contributed by atoms with van der Waals surface area (Å²) in [5.74, 6) is 0.176. The van der Waals surface area contributed by atoms with Crippen molar-refractivity contribution in [2.45, 2.75) is 26.3 Å². The van der Waals surface area contributed by atoms with Crippen molar-refractivity contribution in [2.75, 3.05) is 5.32 Å². The molecule has 2 N–H and O–H groups in total. The second-order valence-electron chi connectivity index (χ2n) is 5.94. The fourth-order valence-corrected chi connectivity index (χ4v) is 2.29.